The van der Waals surface area contributed by atoms with E-state index in [1.165, 1.54) is 14.0 Å². The van der Waals surface area contributed by atoms with Gasteiger partial charge in [-0.15, -0.1) is 0 Å². The van der Waals surface area contributed by atoms with Crippen LogP contribution in [0.4, 0.5) is 0 Å². The van der Waals surface area contributed by atoms with E-state index in [-0.39, 0.29) is 0 Å². The molecule has 0 saturated carbocycles. The number of hydrogen-bond donors (Lipinski definition) is 0. The van der Waals surface area contributed by atoms with Crippen LogP contribution in [0.15, 0.2) is 24.3 Å². The Morgan fingerprint density at radius 1 is 1.11 bits per heavy atom. The minimum atomic E-state index is -0.671. The summed E-state index contributed by atoms with van der Waals surface area (Å²) in [5, 5.41) is 0. The normalized spacial score (nSPS) is 13.3. The molecule has 0 bridgehead atoms. The van der Waals surface area contributed by atoms with Crippen LogP contribution in [0.3, 0.4) is 0 Å². The van der Waals surface area contributed by atoms with Crippen LogP contribution in [-0.2, 0) is 19.1 Å². The Labute approximate surface area is 112 Å². The van der Waals surface area contributed by atoms with Gasteiger partial charge in [0.2, 0.25) is 0 Å². The molecule has 0 radical (unpaired) electrons. The average molecular weight is 266 g/mol. The zero-order chi connectivity index (χ0) is 14.4. The molecule has 19 heavy (non-hydrogen) atoms. The van der Waals surface area contributed by atoms with Crippen LogP contribution in [0.25, 0.3) is 0 Å². The molecule has 0 aliphatic heterocycles. The van der Waals surface area contributed by atoms with Crippen LogP contribution in [-0.4, -0.2) is 26.2 Å². The highest BCUT2D eigenvalue weighted by Crippen LogP contribution is 2.28. The lowest BCUT2D eigenvalue weighted by Crippen LogP contribution is -2.24. The van der Waals surface area contributed by atoms with Gasteiger partial charge in [0.1, 0.15) is 11.9 Å². The van der Waals surface area contributed by atoms with Crippen LogP contribution in [0.2, 0.25) is 0 Å². The Morgan fingerprint density at radius 2 is 1.68 bits per heavy atom. The lowest BCUT2D eigenvalue weighted by molar-refractivity contribution is -0.158. The van der Waals surface area contributed by atoms with Gasteiger partial charge in [0.25, 0.3) is 0 Å². The van der Waals surface area contributed by atoms with Gasteiger partial charge in [-0.1, -0.05) is 12.1 Å². The van der Waals surface area contributed by atoms with Crippen molar-refractivity contribution in [3.63, 3.8) is 0 Å². The molecule has 2 unspecified atom stereocenters. The monoisotopic (exact) mass is 266 g/mol. The van der Waals surface area contributed by atoms with E-state index in [4.69, 9.17) is 9.47 Å². The van der Waals surface area contributed by atoms with Crippen molar-refractivity contribution in [2.45, 2.75) is 20.0 Å². The number of ether oxygens (including phenoxy) is 3. The minimum absolute atomic E-state index is 0.429. The van der Waals surface area contributed by atoms with Crippen molar-refractivity contribution in [1.29, 1.82) is 0 Å². The molecule has 5 heteroatoms. The molecule has 0 saturated heterocycles. The molecule has 0 heterocycles. The first-order valence-electron chi connectivity index (χ1n) is 5.88. The van der Waals surface area contributed by atoms with Crippen LogP contribution >= 0.6 is 0 Å². The third-order valence-corrected chi connectivity index (χ3v) is 2.76. The maximum atomic E-state index is 11.6. The van der Waals surface area contributed by atoms with Gasteiger partial charge in [0.05, 0.1) is 20.1 Å². The quantitative estimate of drug-likeness (QED) is 0.764. The topological polar surface area (TPSA) is 61.8 Å². The minimum Gasteiger partial charge on any atom is -0.497 e. The molecule has 1 aromatic carbocycles. The van der Waals surface area contributed by atoms with Crippen molar-refractivity contribution in [1.82, 2.24) is 0 Å². The molecule has 0 spiro atoms. The van der Waals surface area contributed by atoms with Crippen LogP contribution in [0, 0.1) is 5.92 Å². The molecule has 2 atom stereocenters. The molecule has 104 valence electrons. The van der Waals surface area contributed by atoms with E-state index in [9.17, 15) is 9.59 Å². The molecule has 0 fully saturated rings. The molecule has 0 aromatic heterocycles. The Balaban J connectivity index is 3.00. The summed E-state index contributed by atoms with van der Waals surface area (Å²) in [6.45, 7) is 2.96. The predicted octanol–water partition coefficient (Wildman–Crippen LogP) is 2.11. The van der Waals surface area contributed by atoms with Crippen molar-refractivity contribution >= 4 is 11.9 Å². The molecular weight excluding hydrogens is 248 g/mol. The zero-order valence-corrected chi connectivity index (χ0v) is 11.5. The fourth-order valence-corrected chi connectivity index (χ4v) is 1.74. The molecule has 5 nitrogen and oxygen atoms in total. The first-order chi connectivity index (χ1) is 8.99. The van der Waals surface area contributed by atoms with Crippen molar-refractivity contribution in [2.75, 3.05) is 14.2 Å². The van der Waals surface area contributed by atoms with Gasteiger partial charge < -0.3 is 14.2 Å². The summed E-state index contributed by atoms with van der Waals surface area (Å²) >= 11 is 0. The van der Waals surface area contributed by atoms with E-state index in [1.807, 2.05) is 0 Å². The zero-order valence-electron chi connectivity index (χ0n) is 11.5. The van der Waals surface area contributed by atoms with Crippen molar-refractivity contribution in [3.05, 3.63) is 29.8 Å². The summed E-state index contributed by atoms with van der Waals surface area (Å²) in [5.41, 5.74) is 0.717. The molecule has 0 amide bonds. The summed E-state index contributed by atoms with van der Waals surface area (Å²) in [4.78, 5) is 22.8. The Hall–Kier alpha value is -2.04. The van der Waals surface area contributed by atoms with Crippen LogP contribution in [0.5, 0.6) is 5.75 Å². The van der Waals surface area contributed by atoms with Gasteiger partial charge >= 0.3 is 11.9 Å². The van der Waals surface area contributed by atoms with Crippen molar-refractivity contribution in [3.8, 4) is 5.75 Å². The number of methoxy groups -OCH3 is 2. The van der Waals surface area contributed by atoms with Gasteiger partial charge in [0, 0.05) is 6.92 Å². The molecular formula is C14H18O5. The molecule has 1 aromatic rings. The van der Waals surface area contributed by atoms with Gasteiger partial charge in [-0.3, -0.25) is 9.59 Å². The predicted molar refractivity (Wildman–Crippen MR) is 68.7 cm³/mol. The fraction of sp³-hybridized carbons (Fsp3) is 0.429. The second-order valence-electron chi connectivity index (χ2n) is 4.12. The Bertz CT molecular complexity index is 438. The summed E-state index contributed by atoms with van der Waals surface area (Å²) in [7, 11) is 2.87. The second-order valence-corrected chi connectivity index (χ2v) is 4.12. The van der Waals surface area contributed by atoms with Gasteiger partial charge in [0.15, 0.2) is 0 Å². The second kappa shape index (κ2) is 6.78. The van der Waals surface area contributed by atoms with Crippen molar-refractivity contribution in [2.24, 2.45) is 5.92 Å². The van der Waals surface area contributed by atoms with Crippen molar-refractivity contribution < 1.29 is 23.8 Å². The maximum Gasteiger partial charge on any atom is 0.312 e. The third kappa shape index (κ3) is 3.98. The molecule has 1 rings (SSSR count). The lowest BCUT2D eigenvalue weighted by atomic mass is 9.97. The fourth-order valence-electron chi connectivity index (χ4n) is 1.74. The largest absolute Gasteiger partial charge is 0.497 e. The standard InChI is InChI=1S/C14H18O5/c1-9(14(16)18-4)13(19-10(2)15)11-5-7-12(17-3)8-6-11/h5-9,13H,1-4H3. The first kappa shape index (κ1) is 15.0. The number of rotatable bonds is 5. The smallest absolute Gasteiger partial charge is 0.312 e. The third-order valence-electron chi connectivity index (χ3n) is 2.76. The average Bonchev–Trinajstić information content (AvgIpc) is 2.43. The van der Waals surface area contributed by atoms with Gasteiger partial charge in [-0.2, -0.15) is 0 Å². The Kier molecular flexibility index (Phi) is 5.36. The van der Waals surface area contributed by atoms with E-state index < -0.39 is 24.0 Å². The maximum absolute atomic E-state index is 11.6. The van der Waals surface area contributed by atoms with E-state index in [1.54, 1.807) is 38.3 Å². The summed E-state index contributed by atoms with van der Waals surface area (Å²) < 4.78 is 15.0. The molecule has 0 N–H and O–H groups in total. The van der Waals surface area contributed by atoms with Gasteiger partial charge in [-0.25, -0.2) is 0 Å². The summed E-state index contributed by atoms with van der Waals surface area (Å²) in [6, 6.07) is 7.00. The Morgan fingerprint density at radius 3 is 2.11 bits per heavy atom. The molecule has 0 aliphatic rings. The van der Waals surface area contributed by atoms with E-state index in [0.29, 0.717) is 11.3 Å². The number of benzene rings is 1. The SMILES string of the molecule is COC(=O)C(C)C(OC(C)=O)c1ccc(OC)cc1. The highest BCUT2D eigenvalue weighted by atomic mass is 16.6. The van der Waals surface area contributed by atoms with Crippen LogP contribution < -0.4 is 4.74 Å². The number of carbonyl (C=O) groups excluding carboxylic acids is 2. The van der Waals surface area contributed by atoms with Crippen LogP contribution in [0.1, 0.15) is 25.5 Å². The lowest BCUT2D eigenvalue weighted by Gasteiger charge is -2.22. The highest BCUT2D eigenvalue weighted by molar-refractivity contribution is 5.74. The number of esters is 2. The summed E-state index contributed by atoms with van der Waals surface area (Å²) in [5.74, 6) is -0.767. The van der Waals surface area contributed by atoms with E-state index in [0.717, 1.165) is 0 Å². The number of carbonyl (C=O) groups is 2. The highest BCUT2D eigenvalue weighted by Gasteiger charge is 2.29. The first-order valence-corrected chi connectivity index (χ1v) is 5.88. The van der Waals surface area contributed by atoms with E-state index >= 15 is 0 Å². The van der Waals surface area contributed by atoms with Gasteiger partial charge in [-0.05, 0) is 24.6 Å². The molecule has 0 aliphatic carbocycles. The summed E-state index contributed by atoms with van der Waals surface area (Å²) in [6.07, 6.45) is -0.671. The number of hydrogen-bond acceptors (Lipinski definition) is 5. The van der Waals surface area contributed by atoms with E-state index in [2.05, 4.69) is 4.74 Å².